The summed E-state index contributed by atoms with van der Waals surface area (Å²) < 4.78 is 1.76. The number of pyridine rings is 1. The predicted octanol–water partition coefficient (Wildman–Crippen LogP) is 2.67. The molecule has 0 bridgehead atoms. The third kappa shape index (κ3) is 1.79. The summed E-state index contributed by atoms with van der Waals surface area (Å²) in [5.74, 6) is 0. The molecule has 104 valence electrons. The lowest BCUT2D eigenvalue weighted by Crippen LogP contribution is -2.00. The zero-order valence-electron chi connectivity index (χ0n) is 11.4. The molecule has 0 unspecified atom stereocenters. The first-order valence-electron chi connectivity index (χ1n) is 6.76. The number of hydrogen-bond donors (Lipinski definition) is 1. The molecule has 0 fully saturated rings. The Morgan fingerprint density at radius 2 is 1.95 bits per heavy atom. The van der Waals surface area contributed by atoms with E-state index in [-0.39, 0.29) is 5.56 Å². The van der Waals surface area contributed by atoms with Crippen molar-refractivity contribution < 1.29 is 0 Å². The van der Waals surface area contributed by atoms with Gasteiger partial charge in [-0.3, -0.25) is 4.79 Å². The van der Waals surface area contributed by atoms with Gasteiger partial charge in [-0.25, -0.2) is 4.98 Å². The predicted molar refractivity (Wildman–Crippen MR) is 82.6 cm³/mol. The van der Waals surface area contributed by atoms with Gasteiger partial charge in [0.25, 0.3) is 5.56 Å². The SMILES string of the molecule is N#Cc1ccc2nc(-c3c4cccccc-4[nH]c3=O)cn2c1. The minimum absolute atomic E-state index is 0.162. The molecule has 1 N–H and O–H groups in total. The van der Waals surface area contributed by atoms with Crippen LogP contribution < -0.4 is 5.56 Å². The molecule has 2 aromatic rings. The normalized spacial score (nSPS) is 10.9. The Kier molecular flexibility index (Phi) is 2.57. The molecule has 0 amide bonds. The van der Waals surface area contributed by atoms with Crippen LogP contribution in [0.25, 0.3) is 28.2 Å². The van der Waals surface area contributed by atoms with Crippen LogP contribution in [-0.2, 0) is 0 Å². The average Bonchev–Trinajstić information content (AvgIpc) is 2.98. The smallest absolute Gasteiger partial charge is 0.258 e. The molecule has 5 nitrogen and oxygen atoms in total. The van der Waals surface area contributed by atoms with Crippen LogP contribution in [0.4, 0.5) is 0 Å². The van der Waals surface area contributed by atoms with Crippen LogP contribution in [0.1, 0.15) is 5.56 Å². The van der Waals surface area contributed by atoms with E-state index in [1.807, 2.05) is 30.3 Å². The molecule has 0 saturated carbocycles. The van der Waals surface area contributed by atoms with Gasteiger partial charge in [0.2, 0.25) is 0 Å². The van der Waals surface area contributed by atoms with Crippen LogP contribution in [0, 0.1) is 11.3 Å². The highest BCUT2D eigenvalue weighted by molar-refractivity contribution is 5.82. The highest BCUT2D eigenvalue weighted by atomic mass is 16.1. The Balaban J connectivity index is 1.99. The van der Waals surface area contributed by atoms with Crippen molar-refractivity contribution in [1.29, 1.82) is 5.26 Å². The van der Waals surface area contributed by atoms with Gasteiger partial charge in [0.15, 0.2) is 0 Å². The first-order chi connectivity index (χ1) is 10.8. The molecule has 0 saturated heterocycles. The van der Waals surface area contributed by atoms with E-state index in [1.54, 1.807) is 28.9 Å². The highest BCUT2D eigenvalue weighted by Gasteiger charge is 2.18. The first kappa shape index (κ1) is 12.4. The van der Waals surface area contributed by atoms with Crippen LogP contribution in [0.2, 0.25) is 0 Å². The molecule has 4 rings (SSSR count). The third-order valence-electron chi connectivity index (χ3n) is 3.62. The number of nitrogens with zero attached hydrogens (tertiary/aromatic N) is 3. The van der Waals surface area contributed by atoms with Gasteiger partial charge in [0.1, 0.15) is 11.7 Å². The van der Waals surface area contributed by atoms with Crippen LogP contribution in [-0.4, -0.2) is 14.4 Å². The molecule has 22 heavy (non-hydrogen) atoms. The summed E-state index contributed by atoms with van der Waals surface area (Å²) in [6.07, 6.45) is 3.47. The van der Waals surface area contributed by atoms with E-state index in [0.717, 1.165) is 11.3 Å². The highest BCUT2D eigenvalue weighted by Crippen LogP contribution is 2.28. The lowest BCUT2D eigenvalue weighted by atomic mass is 10.1. The number of H-pyrrole nitrogens is 1. The van der Waals surface area contributed by atoms with E-state index < -0.39 is 0 Å². The third-order valence-corrected chi connectivity index (χ3v) is 3.62. The first-order valence-corrected chi connectivity index (χ1v) is 6.76. The molecule has 2 aliphatic rings. The molecule has 3 heterocycles. The molecular formula is C17H10N4O. The minimum atomic E-state index is -0.162. The Morgan fingerprint density at radius 3 is 2.82 bits per heavy atom. The van der Waals surface area contributed by atoms with Crippen LogP contribution in [0.5, 0.6) is 0 Å². The van der Waals surface area contributed by atoms with Gasteiger partial charge < -0.3 is 9.38 Å². The van der Waals surface area contributed by atoms with Crippen molar-refractivity contribution in [1.82, 2.24) is 14.4 Å². The van der Waals surface area contributed by atoms with Crippen LogP contribution >= 0.6 is 0 Å². The average molecular weight is 286 g/mol. The lowest BCUT2D eigenvalue weighted by Gasteiger charge is -1.94. The number of fused-ring (bicyclic) bond motifs is 2. The van der Waals surface area contributed by atoms with E-state index in [4.69, 9.17) is 5.26 Å². The van der Waals surface area contributed by atoms with Crippen molar-refractivity contribution in [3.8, 4) is 28.6 Å². The van der Waals surface area contributed by atoms with E-state index in [0.29, 0.717) is 22.5 Å². The second-order valence-corrected chi connectivity index (χ2v) is 4.99. The molecule has 5 heteroatoms. The van der Waals surface area contributed by atoms with E-state index in [9.17, 15) is 4.79 Å². The maximum absolute atomic E-state index is 12.3. The second-order valence-electron chi connectivity index (χ2n) is 4.99. The number of aromatic nitrogens is 3. The molecule has 1 aliphatic carbocycles. The van der Waals surface area contributed by atoms with Gasteiger partial charge in [-0.1, -0.05) is 24.3 Å². The standard InChI is InChI=1S/C17H10N4O/c18-8-11-6-7-15-19-14(10-21(15)9-11)16-12-4-2-1-3-5-13(12)20-17(16)22/h1-7,9-10H,(H,20,22). The fraction of sp³-hybridized carbons (Fsp3) is 0. The number of nitriles is 1. The Bertz CT molecular complexity index is 1070. The summed E-state index contributed by atoms with van der Waals surface area (Å²) >= 11 is 0. The van der Waals surface area contributed by atoms with Gasteiger partial charge in [0, 0.05) is 23.7 Å². The van der Waals surface area contributed by atoms with Gasteiger partial charge >= 0.3 is 0 Å². The molecule has 0 spiro atoms. The summed E-state index contributed by atoms with van der Waals surface area (Å²) in [6, 6.07) is 15.0. The number of aromatic amines is 1. The summed E-state index contributed by atoms with van der Waals surface area (Å²) in [7, 11) is 0. The van der Waals surface area contributed by atoms with E-state index in [1.165, 1.54) is 0 Å². The maximum Gasteiger partial charge on any atom is 0.258 e. The molecule has 2 aromatic heterocycles. The summed E-state index contributed by atoms with van der Waals surface area (Å²) in [4.78, 5) is 19.6. The molecular weight excluding hydrogens is 276 g/mol. The second kappa shape index (κ2) is 4.57. The van der Waals surface area contributed by atoms with Crippen LogP contribution in [0.3, 0.4) is 0 Å². The van der Waals surface area contributed by atoms with Crippen molar-refractivity contribution in [2.75, 3.05) is 0 Å². The fourth-order valence-corrected chi connectivity index (χ4v) is 2.61. The fourth-order valence-electron chi connectivity index (χ4n) is 2.61. The minimum Gasteiger partial charge on any atom is -0.321 e. The van der Waals surface area contributed by atoms with E-state index >= 15 is 0 Å². The molecule has 0 atom stereocenters. The van der Waals surface area contributed by atoms with Gasteiger partial charge in [-0.15, -0.1) is 0 Å². The molecule has 0 radical (unpaired) electrons. The van der Waals surface area contributed by atoms with Gasteiger partial charge in [0.05, 0.1) is 16.8 Å². The molecule has 0 aromatic carbocycles. The summed E-state index contributed by atoms with van der Waals surface area (Å²) in [5, 5.41) is 8.96. The lowest BCUT2D eigenvalue weighted by molar-refractivity contribution is 1.17. The van der Waals surface area contributed by atoms with Gasteiger partial charge in [-0.2, -0.15) is 5.26 Å². The Hall–Kier alpha value is -3.39. The van der Waals surface area contributed by atoms with Crippen molar-refractivity contribution >= 4 is 5.65 Å². The summed E-state index contributed by atoms with van der Waals surface area (Å²) in [5.41, 5.74) is 3.84. The number of imidazole rings is 1. The maximum atomic E-state index is 12.3. The Labute approximate surface area is 125 Å². The number of nitrogens with one attached hydrogen (secondary N) is 1. The zero-order chi connectivity index (χ0) is 15.1. The van der Waals surface area contributed by atoms with Crippen molar-refractivity contribution in [2.24, 2.45) is 0 Å². The topological polar surface area (TPSA) is 73.9 Å². The van der Waals surface area contributed by atoms with Crippen molar-refractivity contribution in [3.05, 3.63) is 70.8 Å². The summed E-state index contributed by atoms with van der Waals surface area (Å²) in [6.45, 7) is 0. The van der Waals surface area contributed by atoms with Crippen molar-refractivity contribution in [2.45, 2.75) is 0 Å². The largest absolute Gasteiger partial charge is 0.321 e. The van der Waals surface area contributed by atoms with Gasteiger partial charge in [-0.05, 0) is 18.2 Å². The monoisotopic (exact) mass is 286 g/mol. The molecule has 1 aliphatic heterocycles. The zero-order valence-corrected chi connectivity index (χ0v) is 11.4. The van der Waals surface area contributed by atoms with Crippen molar-refractivity contribution in [3.63, 3.8) is 0 Å². The van der Waals surface area contributed by atoms with Crippen LogP contribution in [0.15, 0.2) is 59.7 Å². The quantitative estimate of drug-likeness (QED) is 0.584. The van der Waals surface area contributed by atoms with E-state index in [2.05, 4.69) is 16.0 Å². The number of rotatable bonds is 1. The Morgan fingerprint density at radius 1 is 1.09 bits per heavy atom. The number of hydrogen-bond acceptors (Lipinski definition) is 3.